The van der Waals surface area contributed by atoms with E-state index < -0.39 is 5.82 Å². The van der Waals surface area contributed by atoms with Crippen LogP contribution in [0, 0.1) is 5.82 Å². The van der Waals surface area contributed by atoms with Crippen LogP contribution in [0.3, 0.4) is 0 Å². The molecule has 19 heavy (non-hydrogen) atoms. The molecular weight excluding hydrogens is 273 g/mol. The molecule has 1 aliphatic heterocycles. The highest BCUT2D eigenvalue weighted by Crippen LogP contribution is 2.19. The molecule has 1 amide bonds. The number of alkyl halides is 1. The highest BCUT2D eigenvalue weighted by molar-refractivity contribution is 6.18. The molecule has 0 bridgehead atoms. The van der Waals surface area contributed by atoms with Gasteiger partial charge in [-0.05, 0) is 12.1 Å². The Morgan fingerprint density at radius 1 is 1.63 bits per heavy atom. The zero-order valence-electron chi connectivity index (χ0n) is 10.6. The third kappa shape index (κ3) is 3.16. The lowest BCUT2D eigenvalue weighted by molar-refractivity contribution is -0.0109. The van der Waals surface area contributed by atoms with Gasteiger partial charge in [-0.2, -0.15) is 0 Å². The van der Waals surface area contributed by atoms with Gasteiger partial charge in [0.2, 0.25) is 0 Å². The van der Waals surface area contributed by atoms with E-state index in [1.54, 1.807) is 11.0 Å². The molecule has 2 rings (SSSR count). The SMILES string of the molecule is COc1ccc(C(=O)N2CCOC(CCl)C2)c(F)c1. The smallest absolute Gasteiger partial charge is 0.257 e. The number of carbonyl (C=O) groups is 1. The van der Waals surface area contributed by atoms with Gasteiger partial charge in [-0.1, -0.05) is 0 Å². The van der Waals surface area contributed by atoms with Gasteiger partial charge in [0.1, 0.15) is 11.6 Å². The Kier molecular flexibility index (Phi) is 4.61. The summed E-state index contributed by atoms with van der Waals surface area (Å²) in [5.41, 5.74) is 0.0380. The van der Waals surface area contributed by atoms with Crippen molar-refractivity contribution in [2.75, 3.05) is 32.7 Å². The van der Waals surface area contributed by atoms with Crippen molar-refractivity contribution in [3.63, 3.8) is 0 Å². The fourth-order valence-electron chi connectivity index (χ4n) is 1.96. The quantitative estimate of drug-likeness (QED) is 0.797. The van der Waals surface area contributed by atoms with E-state index in [-0.39, 0.29) is 17.6 Å². The van der Waals surface area contributed by atoms with Crippen LogP contribution in [0.5, 0.6) is 5.75 Å². The van der Waals surface area contributed by atoms with Gasteiger partial charge in [0, 0.05) is 19.2 Å². The van der Waals surface area contributed by atoms with Gasteiger partial charge < -0.3 is 14.4 Å². The normalized spacial score (nSPS) is 19.3. The Morgan fingerprint density at radius 3 is 3.05 bits per heavy atom. The van der Waals surface area contributed by atoms with Crippen LogP contribution in [0.4, 0.5) is 4.39 Å². The van der Waals surface area contributed by atoms with Crippen molar-refractivity contribution < 1.29 is 18.7 Å². The molecule has 4 nitrogen and oxygen atoms in total. The fraction of sp³-hybridized carbons (Fsp3) is 0.462. The van der Waals surface area contributed by atoms with Crippen LogP contribution in [-0.2, 0) is 4.74 Å². The molecule has 1 heterocycles. The number of nitrogens with zero attached hydrogens (tertiary/aromatic N) is 1. The van der Waals surface area contributed by atoms with E-state index in [0.717, 1.165) is 0 Å². The van der Waals surface area contributed by atoms with Gasteiger partial charge in [-0.3, -0.25) is 4.79 Å². The van der Waals surface area contributed by atoms with E-state index in [4.69, 9.17) is 21.1 Å². The predicted octanol–water partition coefficient (Wildman–Crippen LogP) is 1.91. The Morgan fingerprint density at radius 2 is 2.42 bits per heavy atom. The standard InChI is InChI=1S/C13H15ClFNO3/c1-18-9-2-3-11(12(15)6-9)13(17)16-4-5-19-10(7-14)8-16/h2-3,6,10H,4-5,7-8H2,1H3. The van der Waals surface area contributed by atoms with Crippen LogP contribution in [0.2, 0.25) is 0 Å². The Balaban J connectivity index is 2.15. The summed E-state index contributed by atoms with van der Waals surface area (Å²) in [5, 5.41) is 0. The molecule has 0 N–H and O–H groups in total. The van der Waals surface area contributed by atoms with Gasteiger partial charge >= 0.3 is 0 Å². The van der Waals surface area contributed by atoms with Gasteiger partial charge in [-0.15, -0.1) is 11.6 Å². The molecule has 0 aromatic heterocycles. The Hall–Kier alpha value is -1.33. The van der Waals surface area contributed by atoms with Crippen molar-refractivity contribution in [3.05, 3.63) is 29.6 Å². The van der Waals surface area contributed by atoms with Crippen LogP contribution < -0.4 is 4.74 Å². The number of hydrogen-bond acceptors (Lipinski definition) is 3. The number of hydrogen-bond donors (Lipinski definition) is 0. The third-order valence-electron chi connectivity index (χ3n) is 3.00. The molecule has 6 heteroatoms. The second-order valence-electron chi connectivity index (χ2n) is 4.24. The molecule has 1 atom stereocenters. The molecule has 1 unspecified atom stereocenters. The van der Waals surface area contributed by atoms with Crippen molar-refractivity contribution in [2.24, 2.45) is 0 Å². The Labute approximate surface area is 116 Å². The maximum absolute atomic E-state index is 13.8. The minimum Gasteiger partial charge on any atom is -0.497 e. The summed E-state index contributed by atoms with van der Waals surface area (Å²) >= 11 is 5.71. The molecular formula is C13H15ClFNO3. The molecule has 0 spiro atoms. The fourth-order valence-corrected chi connectivity index (χ4v) is 2.15. The summed E-state index contributed by atoms with van der Waals surface area (Å²) in [6.45, 7) is 1.24. The maximum Gasteiger partial charge on any atom is 0.257 e. The number of ether oxygens (including phenoxy) is 2. The number of benzene rings is 1. The lowest BCUT2D eigenvalue weighted by atomic mass is 10.1. The average molecular weight is 288 g/mol. The van der Waals surface area contributed by atoms with Crippen LogP contribution in [-0.4, -0.2) is 49.6 Å². The van der Waals surface area contributed by atoms with Crippen molar-refractivity contribution in [3.8, 4) is 5.75 Å². The number of carbonyl (C=O) groups excluding carboxylic acids is 1. The van der Waals surface area contributed by atoms with E-state index in [0.29, 0.717) is 31.3 Å². The summed E-state index contributed by atoms with van der Waals surface area (Å²) in [4.78, 5) is 13.8. The summed E-state index contributed by atoms with van der Waals surface area (Å²) in [7, 11) is 1.45. The van der Waals surface area contributed by atoms with E-state index in [2.05, 4.69) is 0 Å². The first-order valence-corrected chi connectivity index (χ1v) is 6.49. The maximum atomic E-state index is 13.8. The summed E-state index contributed by atoms with van der Waals surface area (Å²) in [6.07, 6.45) is -0.194. The van der Waals surface area contributed by atoms with Gasteiger partial charge in [-0.25, -0.2) is 4.39 Å². The van der Waals surface area contributed by atoms with Gasteiger partial charge in [0.15, 0.2) is 0 Å². The monoisotopic (exact) mass is 287 g/mol. The lowest BCUT2D eigenvalue weighted by Crippen LogP contribution is -2.46. The molecule has 104 valence electrons. The third-order valence-corrected chi connectivity index (χ3v) is 3.35. The zero-order valence-corrected chi connectivity index (χ0v) is 11.3. The topological polar surface area (TPSA) is 38.8 Å². The van der Waals surface area contributed by atoms with Crippen LogP contribution in [0.15, 0.2) is 18.2 Å². The summed E-state index contributed by atoms with van der Waals surface area (Å²) < 4.78 is 24.1. The number of rotatable bonds is 3. The number of morpholine rings is 1. The molecule has 1 aliphatic rings. The minimum absolute atomic E-state index is 0.0380. The van der Waals surface area contributed by atoms with Crippen LogP contribution >= 0.6 is 11.6 Å². The lowest BCUT2D eigenvalue weighted by Gasteiger charge is -2.32. The van der Waals surface area contributed by atoms with Crippen molar-refractivity contribution in [2.45, 2.75) is 6.10 Å². The van der Waals surface area contributed by atoms with E-state index in [1.807, 2.05) is 0 Å². The van der Waals surface area contributed by atoms with Crippen molar-refractivity contribution in [1.29, 1.82) is 0 Å². The second-order valence-corrected chi connectivity index (χ2v) is 4.55. The van der Waals surface area contributed by atoms with E-state index >= 15 is 0 Å². The number of halogens is 2. The van der Waals surface area contributed by atoms with Crippen molar-refractivity contribution in [1.82, 2.24) is 4.90 Å². The summed E-state index contributed by atoms with van der Waals surface area (Å²) in [5.74, 6) is -0.235. The molecule has 1 aromatic carbocycles. The highest BCUT2D eigenvalue weighted by Gasteiger charge is 2.26. The first-order chi connectivity index (χ1) is 9.15. The first-order valence-electron chi connectivity index (χ1n) is 5.96. The molecule has 1 aromatic rings. The second kappa shape index (κ2) is 6.21. The van der Waals surface area contributed by atoms with Crippen LogP contribution in [0.1, 0.15) is 10.4 Å². The van der Waals surface area contributed by atoms with Gasteiger partial charge in [0.25, 0.3) is 5.91 Å². The number of amides is 1. The molecule has 0 aliphatic carbocycles. The highest BCUT2D eigenvalue weighted by atomic mass is 35.5. The molecule has 1 fully saturated rings. The predicted molar refractivity (Wildman–Crippen MR) is 69.3 cm³/mol. The number of methoxy groups -OCH3 is 1. The molecule has 0 radical (unpaired) electrons. The molecule has 0 saturated carbocycles. The van der Waals surface area contributed by atoms with Gasteiger partial charge in [0.05, 0.1) is 31.3 Å². The van der Waals surface area contributed by atoms with E-state index in [9.17, 15) is 9.18 Å². The Bertz CT molecular complexity index is 469. The van der Waals surface area contributed by atoms with Crippen LogP contribution in [0.25, 0.3) is 0 Å². The average Bonchev–Trinajstić information content (AvgIpc) is 2.46. The molecule has 1 saturated heterocycles. The first kappa shape index (κ1) is 14.1. The minimum atomic E-state index is -0.585. The largest absolute Gasteiger partial charge is 0.497 e. The van der Waals surface area contributed by atoms with E-state index in [1.165, 1.54) is 19.2 Å². The zero-order chi connectivity index (χ0) is 13.8. The van der Waals surface area contributed by atoms with Crippen molar-refractivity contribution >= 4 is 17.5 Å². The summed E-state index contributed by atoms with van der Waals surface area (Å²) in [6, 6.07) is 4.20.